The van der Waals surface area contributed by atoms with Crippen LogP contribution in [0.3, 0.4) is 0 Å². The van der Waals surface area contributed by atoms with Gasteiger partial charge in [-0.3, -0.25) is 4.68 Å². The molecule has 2 aromatic rings. The molecule has 0 aliphatic rings. The van der Waals surface area contributed by atoms with E-state index >= 15 is 0 Å². The molecule has 1 aromatic heterocycles. The van der Waals surface area contributed by atoms with E-state index in [4.69, 9.17) is 10.4 Å². The lowest BCUT2D eigenvalue weighted by molar-refractivity contribution is 0.269. The van der Waals surface area contributed by atoms with Gasteiger partial charge in [-0.25, -0.2) is 4.39 Å². The maximum Gasteiger partial charge on any atom is 0.124 e. The Hall–Kier alpha value is -2.39. The van der Waals surface area contributed by atoms with Crippen molar-refractivity contribution in [3.8, 4) is 6.07 Å². The second-order valence-electron chi connectivity index (χ2n) is 3.99. The smallest absolute Gasteiger partial charge is 0.124 e. The molecule has 2 N–H and O–H groups in total. The van der Waals surface area contributed by atoms with E-state index in [-0.39, 0.29) is 12.2 Å². The Kier molecular flexibility index (Phi) is 4.11. The third-order valence-corrected chi connectivity index (χ3v) is 2.60. The lowest BCUT2D eigenvalue weighted by Crippen LogP contribution is -2.03. The lowest BCUT2D eigenvalue weighted by Gasteiger charge is -2.06. The molecule has 5 nitrogen and oxygen atoms in total. The summed E-state index contributed by atoms with van der Waals surface area (Å²) in [4.78, 5) is 0. The third kappa shape index (κ3) is 3.30. The third-order valence-electron chi connectivity index (χ3n) is 2.60. The number of nitrogens with zero attached hydrogens (tertiary/aromatic N) is 3. The van der Waals surface area contributed by atoms with Crippen LogP contribution in [-0.2, 0) is 13.1 Å². The van der Waals surface area contributed by atoms with Gasteiger partial charge in [-0.1, -0.05) is 0 Å². The Morgan fingerprint density at radius 2 is 2.32 bits per heavy atom. The molecule has 0 amide bonds. The van der Waals surface area contributed by atoms with Crippen molar-refractivity contribution in [2.24, 2.45) is 0 Å². The summed E-state index contributed by atoms with van der Waals surface area (Å²) in [5.74, 6) is -0.433. The molecule has 0 saturated heterocycles. The summed E-state index contributed by atoms with van der Waals surface area (Å²) in [6.45, 7) is 0.955. The molecule has 0 spiro atoms. The van der Waals surface area contributed by atoms with Crippen LogP contribution in [0.5, 0.6) is 0 Å². The first-order valence-corrected chi connectivity index (χ1v) is 5.78. The highest BCUT2D eigenvalue weighted by Gasteiger charge is 2.04. The van der Waals surface area contributed by atoms with Crippen molar-refractivity contribution in [1.29, 1.82) is 5.26 Å². The minimum absolute atomic E-state index is 0.0328. The zero-order chi connectivity index (χ0) is 13.7. The Morgan fingerprint density at radius 1 is 1.47 bits per heavy atom. The van der Waals surface area contributed by atoms with Crippen molar-refractivity contribution in [3.05, 3.63) is 47.5 Å². The van der Waals surface area contributed by atoms with Gasteiger partial charge in [0.15, 0.2) is 0 Å². The number of benzene rings is 1. The van der Waals surface area contributed by atoms with Crippen LogP contribution in [0.15, 0.2) is 30.6 Å². The molecule has 98 valence electrons. The molecule has 1 heterocycles. The molecule has 0 atom stereocenters. The number of nitrogens with one attached hydrogen (secondary N) is 1. The molecule has 0 saturated carbocycles. The van der Waals surface area contributed by atoms with Gasteiger partial charge >= 0.3 is 0 Å². The normalized spacial score (nSPS) is 10.2. The van der Waals surface area contributed by atoms with Gasteiger partial charge in [0.1, 0.15) is 11.9 Å². The molecular weight excluding hydrogens is 247 g/mol. The van der Waals surface area contributed by atoms with E-state index in [1.807, 2.05) is 6.07 Å². The first-order chi connectivity index (χ1) is 9.22. The number of nitriles is 1. The Bertz CT molecular complexity index is 603. The van der Waals surface area contributed by atoms with E-state index in [9.17, 15) is 4.39 Å². The zero-order valence-electron chi connectivity index (χ0n) is 10.2. The van der Waals surface area contributed by atoms with Crippen LogP contribution in [0.4, 0.5) is 10.1 Å². The lowest BCUT2D eigenvalue weighted by atomic mass is 10.2. The minimum Gasteiger partial charge on any atom is -0.394 e. The fraction of sp³-hybridized carbons (Fsp3) is 0.231. The molecular formula is C13H13FN4O. The van der Waals surface area contributed by atoms with Gasteiger partial charge in [0, 0.05) is 18.3 Å². The fourth-order valence-electron chi connectivity index (χ4n) is 1.68. The summed E-state index contributed by atoms with van der Waals surface area (Å²) in [6, 6.07) is 5.97. The Morgan fingerprint density at radius 3 is 3.05 bits per heavy atom. The Labute approximate surface area is 109 Å². The molecule has 19 heavy (non-hydrogen) atoms. The van der Waals surface area contributed by atoms with Crippen LogP contribution >= 0.6 is 0 Å². The summed E-state index contributed by atoms with van der Waals surface area (Å²) >= 11 is 0. The van der Waals surface area contributed by atoms with Crippen molar-refractivity contribution >= 4 is 5.69 Å². The first kappa shape index (κ1) is 13.1. The van der Waals surface area contributed by atoms with Crippen molar-refractivity contribution in [2.45, 2.75) is 13.1 Å². The summed E-state index contributed by atoms with van der Waals surface area (Å²) in [6.07, 6.45) is 3.48. The largest absolute Gasteiger partial charge is 0.394 e. The van der Waals surface area contributed by atoms with E-state index in [1.165, 1.54) is 18.2 Å². The maximum atomic E-state index is 13.0. The van der Waals surface area contributed by atoms with Gasteiger partial charge < -0.3 is 10.4 Å². The topological polar surface area (TPSA) is 73.9 Å². The predicted octanol–water partition coefficient (Wildman–Crippen LogP) is 1.50. The van der Waals surface area contributed by atoms with Crippen molar-refractivity contribution in [2.75, 3.05) is 11.9 Å². The average Bonchev–Trinajstić information content (AvgIpc) is 2.85. The second-order valence-corrected chi connectivity index (χ2v) is 3.99. The number of hydrogen-bond donors (Lipinski definition) is 2. The molecule has 2 rings (SSSR count). The molecule has 0 fully saturated rings. The van der Waals surface area contributed by atoms with Gasteiger partial charge in [0.05, 0.1) is 30.6 Å². The number of anilines is 1. The molecule has 0 aliphatic carbocycles. The van der Waals surface area contributed by atoms with Crippen LogP contribution in [0.1, 0.15) is 11.1 Å². The van der Waals surface area contributed by atoms with Crippen LogP contribution < -0.4 is 5.32 Å². The number of rotatable bonds is 5. The van der Waals surface area contributed by atoms with Crippen LogP contribution in [0, 0.1) is 17.1 Å². The van der Waals surface area contributed by atoms with Crippen molar-refractivity contribution < 1.29 is 9.50 Å². The quantitative estimate of drug-likeness (QED) is 0.854. The molecule has 6 heteroatoms. The van der Waals surface area contributed by atoms with E-state index < -0.39 is 5.82 Å². The predicted molar refractivity (Wildman–Crippen MR) is 67.8 cm³/mol. The average molecular weight is 260 g/mol. The van der Waals surface area contributed by atoms with Crippen molar-refractivity contribution in [1.82, 2.24) is 9.78 Å². The number of hydrogen-bond acceptors (Lipinski definition) is 4. The standard InChI is InChI=1S/C13H13FN4O/c14-12-1-2-13(11(5-12)6-15)16-7-10-8-17-18(9-10)3-4-19/h1-2,5,8-9,16,19H,3-4,7H2. The number of halogens is 1. The highest BCUT2D eigenvalue weighted by atomic mass is 19.1. The summed E-state index contributed by atoms with van der Waals surface area (Å²) in [5, 5.41) is 24.8. The number of aliphatic hydroxyl groups excluding tert-OH is 1. The van der Waals surface area contributed by atoms with Gasteiger partial charge in [0.2, 0.25) is 0 Å². The molecule has 1 aromatic carbocycles. The van der Waals surface area contributed by atoms with E-state index in [2.05, 4.69) is 10.4 Å². The summed E-state index contributed by atoms with van der Waals surface area (Å²) < 4.78 is 14.6. The summed E-state index contributed by atoms with van der Waals surface area (Å²) in [7, 11) is 0. The summed E-state index contributed by atoms with van der Waals surface area (Å²) in [5.41, 5.74) is 1.77. The Balaban J connectivity index is 2.04. The van der Waals surface area contributed by atoms with Crippen LogP contribution in [-0.4, -0.2) is 21.5 Å². The van der Waals surface area contributed by atoms with E-state index in [1.54, 1.807) is 17.1 Å². The highest BCUT2D eigenvalue weighted by molar-refractivity contribution is 5.57. The molecule has 0 bridgehead atoms. The zero-order valence-corrected chi connectivity index (χ0v) is 10.2. The fourth-order valence-corrected chi connectivity index (χ4v) is 1.68. The molecule has 0 aliphatic heterocycles. The monoisotopic (exact) mass is 260 g/mol. The van der Waals surface area contributed by atoms with E-state index in [0.717, 1.165) is 5.56 Å². The van der Waals surface area contributed by atoms with Gasteiger partial charge in [-0.2, -0.15) is 10.4 Å². The van der Waals surface area contributed by atoms with E-state index in [0.29, 0.717) is 18.8 Å². The van der Waals surface area contributed by atoms with Gasteiger partial charge in [0.25, 0.3) is 0 Å². The number of aromatic nitrogens is 2. The van der Waals surface area contributed by atoms with Crippen LogP contribution in [0.25, 0.3) is 0 Å². The van der Waals surface area contributed by atoms with Crippen LogP contribution in [0.2, 0.25) is 0 Å². The first-order valence-electron chi connectivity index (χ1n) is 5.78. The molecule has 0 unspecified atom stereocenters. The van der Waals surface area contributed by atoms with Crippen molar-refractivity contribution in [3.63, 3.8) is 0 Å². The second kappa shape index (κ2) is 5.98. The van der Waals surface area contributed by atoms with Gasteiger partial charge in [-0.05, 0) is 18.2 Å². The maximum absolute atomic E-state index is 13.0. The highest BCUT2D eigenvalue weighted by Crippen LogP contribution is 2.16. The minimum atomic E-state index is -0.433. The molecule has 0 radical (unpaired) electrons. The van der Waals surface area contributed by atoms with Gasteiger partial charge in [-0.15, -0.1) is 0 Å². The number of aliphatic hydroxyl groups is 1. The SMILES string of the molecule is N#Cc1cc(F)ccc1NCc1cnn(CCO)c1.